The normalized spacial score (nSPS) is 41.7. The molecule has 2 aliphatic carbocycles. The van der Waals surface area contributed by atoms with E-state index in [1.165, 1.54) is 83.8 Å². The van der Waals surface area contributed by atoms with E-state index in [0.717, 1.165) is 30.8 Å². The smallest absolute Gasteiger partial charge is 0.112 e. The highest BCUT2D eigenvalue weighted by Crippen LogP contribution is 2.32. The van der Waals surface area contributed by atoms with E-state index in [1.807, 2.05) is 7.11 Å². The van der Waals surface area contributed by atoms with Crippen molar-refractivity contribution < 1.29 is 4.74 Å². The molecule has 0 bridgehead atoms. The molecule has 2 aliphatic heterocycles. The maximum atomic E-state index is 5.53. The van der Waals surface area contributed by atoms with Gasteiger partial charge in [0.05, 0.1) is 6.10 Å². The number of methoxy groups -OCH3 is 1. The maximum Gasteiger partial charge on any atom is 0.112 e. The molecule has 2 saturated heterocycles. The van der Waals surface area contributed by atoms with E-state index in [4.69, 9.17) is 4.74 Å². The molecule has 3 N–H and O–H groups in total. The van der Waals surface area contributed by atoms with E-state index < -0.39 is 0 Å². The average Bonchev–Trinajstić information content (AvgIpc) is 3.23. The Morgan fingerprint density at radius 3 is 2.15 bits per heavy atom. The zero-order valence-corrected chi connectivity index (χ0v) is 17.4. The lowest BCUT2D eigenvalue weighted by Gasteiger charge is -2.40. The molecule has 156 valence electrons. The summed E-state index contributed by atoms with van der Waals surface area (Å²) in [4.78, 5) is 2.70. The fourth-order valence-electron chi connectivity index (χ4n) is 6.01. The van der Waals surface area contributed by atoms with Crippen LogP contribution >= 0.6 is 0 Å². The van der Waals surface area contributed by atoms with Crippen molar-refractivity contribution >= 4 is 0 Å². The van der Waals surface area contributed by atoms with Gasteiger partial charge in [0.1, 0.15) is 6.29 Å². The second-order valence-corrected chi connectivity index (χ2v) is 9.67. The first kappa shape index (κ1) is 20.1. The molecule has 0 aromatic heterocycles. The number of hydrogen-bond donors (Lipinski definition) is 3. The van der Waals surface area contributed by atoms with Crippen molar-refractivity contribution in [3.05, 3.63) is 0 Å². The van der Waals surface area contributed by atoms with Crippen molar-refractivity contribution in [1.82, 2.24) is 20.9 Å². The van der Waals surface area contributed by atoms with Gasteiger partial charge in [0.15, 0.2) is 0 Å². The predicted octanol–water partition coefficient (Wildman–Crippen LogP) is 2.53. The minimum absolute atomic E-state index is 0.316. The lowest BCUT2D eigenvalue weighted by atomic mass is 9.78. The number of nitrogens with zero attached hydrogens (tertiary/aromatic N) is 1. The minimum Gasteiger partial charge on any atom is -0.381 e. The molecular weight excluding hydrogens is 336 g/mol. The summed E-state index contributed by atoms with van der Waals surface area (Å²) < 4.78 is 5.53. The number of likely N-dealkylation sites (tertiary alicyclic amines) is 1. The molecule has 5 nitrogen and oxygen atoms in total. The molecule has 0 unspecified atom stereocenters. The van der Waals surface area contributed by atoms with Crippen LogP contribution in [0, 0.1) is 17.8 Å². The highest BCUT2D eigenvalue weighted by atomic mass is 16.5. The molecule has 2 heterocycles. The van der Waals surface area contributed by atoms with Gasteiger partial charge in [-0.25, -0.2) is 0 Å². The maximum absolute atomic E-state index is 5.53. The lowest BCUT2D eigenvalue weighted by molar-refractivity contribution is 0.0413. The number of rotatable bonds is 6. The Morgan fingerprint density at radius 2 is 1.52 bits per heavy atom. The summed E-state index contributed by atoms with van der Waals surface area (Å²) in [6.07, 6.45) is 14.4. The first-order valence-corrected chi connectivity index (χ1v) is 11.8. The largest absolute Gasteiger partial charge is 0.381 e. The number of nitrogens with one attached hydrogen (secondary N) is 3. The minimum atomic E-state index is 0.316. The topological polar surface area (TPSA) is 48.6 Å². The van der Waals surface area contributed by atoms with Gasteiger partial charge in [-0.05, 0) is 95.1 Å². The van der Waals surface area contributed by atoms with Gasteiger partial charge in [0, 0.05) is 32.8 Å². The van der Waals surface area contributed by atoms with Crippen LogP contribution in [0.25, 0.3) is 0 Å². The van der Waals surface area contributed by atoms with Gasteiger partial charge in [-0.1, -0.05) is 0 Å². The Morgan fingerprint density at radius 1 is 0.852 bits per heavy atom. The van der Waals surface area contributed by atoms with Crippen molar-refractivity contribution in [3.63, 3.8) is 0 Å². The Hall–Kier alpha value is -0.200. The Balaban J connectivity index is 1.11. The molecule has 0 aromatic carbocycles. The summed E-state index contributed by atoms with van der Waals surface area (Å²) in [5.74, 6) is 2.61. The van der Waals surface area contributed by atoms with Crippen molar-refractivity contribution in [2.75, 3.05) is 39.8 Å². The predicted molar refractivity (Wildman–Crippen MR) is 111 cm³/mol. The first-order chi connectivity index (χ1) is 13.3. The highest BCUT2D eigenvalue weighted by Gasteiger charge is 2.32. The third-order valence-electron chi connectivity index (χ3n) is 7.85. The summed E-state index contributed by atoms with van der Waals surface area (Å²) in [5.41, 5.74) is 0. The van der Waals surface area contributed by atoms with Crippen molar-refractivity contribution in [2.24, 2.45) is 17.8 Å². The van der Waals surface area contributed by atoms with Gasteiger partial charge in [-0.2, -0.15) is 0 Å². The highest BCUT2D eigenvalue weighted by molar-refractivity contribution is 4.87. The monoisotopic (exact) mass is 378 g/mol. The van der Waals surface area contributed by atoms with Crippen LogP contribution in [0.5, 0.6) is 0 Å². The molecule has 4 aliphatic rings. The Labute approximate surface area is 166 Å². The van der Waals surface area contributed by atoms with Gasteiger partial charge in [0.25, 0.3) is 0 Å². The van der Waals surface area contributed by atoms with Gasteiger partial charge >= 0.3 is 0 Å². The van der Waals surface area contributed by atoms with E-state index in [1.54, 1.807) is 0 Å². The molecule has 4 fully saturated rings. The second-order valence-electron chi connectivity index (χ2n) is 9.67. The van der Waals surface area contributed by atoms with E-state index in [0.29, 0.717) is 18.4 Å². The van der Waals surface area contributed by atoms with Crippen molar-refractivity contribution in [3.8, 4) is 0 Å². The van der Waals surface area contributed by atoms with Gasteiger partial charge in [-0.15, -0.1) is 0 Å². The third kappa shape index (κ3) is 5.66. The van der Waals surface area contributed by atoms with Gasteiger partial charge in [0.2, 0.25) is 0 Å². The van der Waals surface area contributed by atoms with Crippen LogP contribution in [0.1, 0.15) is 64.2 Å². The van der Waals surface area contributed by atoms with Crippen LogP contribution in [0.3, 0.4) is 0 Å². The summed E-state index contributed by atoms with van der Waals surface area (Å²) in [7, 11) is 1.87. The molecule has 0 aromatic rings. The van der Waals surface area contributed by atoms with Crippen LogP contribution in [-0.4, -0.2) is 63.2 Å². The molecule has 27 heavy (non-hydrogen) atoms. The molecule has 4 rings (SSSR count). The molecule has 0 radical (unpaired) electrons. The fraction of sp³-hybridized carbons (Fsp3) is 1.00. The molecule has 2 saturated carbocycles. The SMILES string of the molecule is COC1CCC(C2CNC(NC3CCC(CN4CCCC4)CC3)NC2)CC1. The first-order valence-electron chi connectivity index (χ1n) is 11.8. The van der Waals surface area contributed by atoms with Gasteiger partial charge < -0.3 is 9.64 Å². The quantitative estimate of drug-likeness (QED) is 0.663. The van der Waals surface area contributed by atoms with E-state index in [9.17, 15) is 0 Å². The summed E-state index contributed by atoms with van der Waals surface area (Å²) in [6, 6.07) is 0.693. The Kier molecular flexibility index (Phi) is 7.45. The third-order valence-corrected chi connectivity index (χ3v) is 7.85. The molecule has 5 heteroatoms. The van der Waals surface area contributed by atoms with Crippen LogP contribution < -0.4 is 16.0 Å². The zero-order valence-electron chi connectivity index (χ0n) is 17.4. The lowest BCUT2D eigenvalue weighted by Crippen LogP contribution is -2.63. The summed E-state index contributed by atoms with van der Waals surface area (Å²) in [5, 5.41) is 11.4. The molecular formula is C22H42N4O. The molecule has 0 spiro atoms. The Bertz CT molecular complexity index is 418. The molecule has 0 atom stereocenters. The molecule has 0 amide bonds. The van der Waals surface area contributed by atoms with Crippen molar-refractivity contribution in [2.45, 2.75) is 82.6 Å². The van der Waals surface area contributed by atoms with Crippen molar-refractivity contribution in [1.29, 1.82) is 0 Å². The van der Waals surface area contributed by atoms with E-state index in [2.05, 4.69) is 20.9 Å². The standard InChI is InChI=1S/C22H42N4O/c1-27-21-10-6-18(7-11-21)19-14-23-22(24-15-19)25-20-8-4-17(5-9-20)16-26-12-2-3-13-26/h17-25H,2-16H2,1H3. The van der Waals surface area contributed by atoms with Crippen LogP contribution in [0.2, 0.25) is 0 Å². The zero-order chi connectivity index (χ0) is 18.5. The fourth-order valence-corrected chi connectivity index (χ4v) is 6.01. The van der Waals surface area contributed by atoms with Crippen LogP contribution in [0.15, 0.2) is 0 Å². The van der Waals surface area contributed by atoms with E-state index >= 15 is 0 Å². The number of hydrogen-bond acceptors (Lipinski definition) is 5. The summed E-state index contributed by atoms with van der Waals surface area (Å²) >= 11 is 0. The van der Waals surface area contributed by atoms with Crippen LogP contribution in [-0.2, 0) is 4.74 Å². The second kappa shape index (κ2) is 10.0. The van der Waals surface area contributed by atoms with Crippen LogP contribution in [0.4, 0.5) is 0 Å². The van der Waals surface area contributed by atoms with Gasteiger partial charge in [-0.3, -0.25) is 16.0 Å². The average molecular weight is 379 g/mol. The number of ether oxygens (including phenoxy) is 1. The summed E-state index contributed by atoms with van der Waals surface area (Å²) in [6.45, 7) is 6.39. The van der Waals surface area contributed by atoms with E-state index in [-0.39, 0.29) is 0 Å².